The summed E-state index contributed by atoms with van der Waals surface area (Å²) >= 11 is 0. The molecule has 0 heterocycles. The largest absolute Gasteiger partial charge is 0.254 e. The summed E-state index contributed by atoms with van der Waals surface area (Å²) in [5.74, 6) is 0.593. The molecule has 1 atom stereocenters. The van der Waals surface area contributed by atoms with Gasteiger partial charge in [0.05, 0.1) is 16.6 Å². The van der Waals surface area contributed by atoms with E-state index in [0.717, 1.165) is 10.5 Å². The molecule has 1 nitrogen and oxygen atoms in total. The predicted octanol–water partition coefficient (Wildman–Crippen LogP) is 3.61. The van der Waals surface area contributed by atoms with Gasteiger partial charge in [-0.2, -0.15) is 0 Å². The number of aryl methyl sites for hydroxylation is 2. The van der Waals surface area contributed by atoms with Crippen LogP contribution in [-0.2, 0) is 16.6 Å². The van der Waals surface area contributed by atoms with Gasteiger partial charge in [0.15, 0.2) is 0 Å². The van der Waals surface area contributed by atoms with Gasteiger partial charge in [0.25, 0.3) is 0 Å². The first-order valence-corrected chi connectivity index (χ1v) is 6.98. The minimum Gasteiger partial charge on any atom is -0.254 e. The highest BCUT2D eigenvalue weighted by Crippen LogP contribution is 2.15. The molecule has 2 aromatic carbocycles. The summed E-state index contributed by atoms with van der Waals surface area (Å²) in [5, 5.41) is 0. The molecule has 2 aromatic rings. The van der Waals surface area contributed by atoms with E-state index in [9.17, 15) is 4.21 Å². The molecule has 0 aliphatic heterocycles. The molecule has 0 aromatic heterocycles. The quantitative estimate of drug-likeness (QED) is 0.806. The smallest absolute Gasteiger partial charge is 0.0574 e. The van der Waals surface area contributed by atoms with Gasteiger partial charge in [-0.25, -0.2) is 0 Å². The maximum Gasteiger partial charge on any atom is 0.0574 e. The molecule has 0 aliphatic rings. The van der Waals surface area contributed by atoms with Crippen molar-refractivity contribution in [3.8, 4) is 0 Å². The van der Waals surface area contributed by atoms with Crippen molar-refractivity contribution in [3.05, 3.63) is 65.2 Å². The molecule has 2 heteroatoms. The highest BCUT2D eigenvalue weighted by atomic mass is 32.2. The van der Waals surface area contributed by atoms with Crippen molar-refractivity contribution in [1.82, 2.24) is 0 Å². The second-order valence-electron chi connectivity index (χ2n) is 4.23. The zero-order chi connectivity index (χ0) is 12.3. The monoisotopic (exact) mass is 244 g/mol. The molecule has 0 amide bonds. The van der Waals surface area contributed by atoms with Crippen LogP contribution in [-0.4, -0.2) is 4.21 Å². The van der Waals surface area contributed by atoms with E-state index in [2.05, 4.69) is 13.0 Å². The van der Waals surface area contributed by atoms with Crippen molar-refractivity contribution < 1.29 is 4.21 Å². The Balaban J connectivity index is 2.17. The molecular formula is C15H16OS. The van der Waals surface area contributed by atoms with Crippen molar-refractivity contribution in [2.24, 2.45) is 0 Å². The van der Waals surface area contributed by atoms with Gasteiger partial charge in [-0.1, -0.05) is 42.0 Å². The molecule has 0 N–H and O–H groups in total. The molecule has 0 fully saturated rings. The third kappa shape index (κ3) is 3.04. The number of hydrogen-bond acceptors (Lipinski definition) is 1. The van der Waals surface area contributed by atoms with E-state index < -0.39 is 10.8 Å². The molecule has 0 saturated heterocycles. The highest BCUT2D eigenvalue weighted by molar-refractivity contribution is 7.84. The van der Waals surface area contributed by atoms with Crippen molar-refractivity contribution in [3.63, 3.8) is 0 Å². The summed E-state index contributed by atoms with van der Waals surface area (Å²) in [4.78, 5) is 0.902. The van der Waals surface area contributed by atoms with E-state index in [4.69, 9.17) is 0 Å². The van der Waals surface area contributed by atoms with Gasteiger partial charge in [0.1, 0.15) is 0 Å². The van der Waals surface area contributed by atoms with Crippen LogP contribution in [0.5, 0.6) is 0 Å². The Morgan fingerprint density at radius 3 is 2.24 bits per heavy atom. The molecular weight excluding hydrogens is 228 g/mol. The Morgan fingerprint density at radius 2 is 1.59 bits per heavy atom. The lowest BCUT2D eigenvalue weighted by Crippen LogP contribution is -1.98. The number of benzene rings is 2. The Morgan fingerprint density at radius 1 is 0.941 bits per heavy atom. The summed E-state index contributed by atoms with van der Waals surface area (Å²) in [6.45, 7) is 4.09. The normalized spacial score (nSPS) is 12.4. The number of rotatable bonds is 3. The Bertz CT molecular complexity index is 529. The summed E-state index contributed by atoms with van der Waals surface area (Å²) in [6, 6.07) is 16.0. The van der Waals surface area contributed by atoms with E-state index in [1.54, 1.807) is 0 Å². The minimum absolute atomic E-state index is 0.593. The topological polar surface area (TPSA) is 17.1 Å². The first-order valence-electron chi connectivity index (χ1n) is 5.66. The zero-order valence-electron chi connectivity index (χ0n) is 10.1. The maximum absolute atomic E-state index is 12.2. The van der Waals surface area contributed by atoms with E-state index >= 15 is 0 Å². The Labute approximate surface area is 105 Å². The Kier molecular flexibility index (Phi) is 3.75. The average molecular weight is 244 g/mol. The summed E-state index contributed by atoms with van der Waals surface area (Å²) in [6.07, 6.45) is 0. The lowest BCUT2D eigenvalue weighted by atomic mass is 10.1. The SMILES string of the molecule is Cc1ccc(S(=O)Cc2ccccc2C)cc1. The third-order valence-electron chi connectivity index (χ3n) is 2.83. The average Bonchev–Trinajstić information content (AvgIpc) is 2.33. The summed E-state index contributed by atoms with van der Waals surface area (Å²) in [5.41, 5.74) is 3.56. The molecule has 0 saturated carbocycles. The van der Waals surface area contributed by atoms with Crippen LogP contribution in [0.4, 0.5) is 0 Å². The predicted molar refractivity (Wildman–Crippen MR) is 72.5 cm³/mol. The van der Waals surface area contributed by atoms with Gasteiger partial charge in [0, 0.05) is 4.90 Å². The fraction of sp³-hybridized carbons (Fsp3) is 0.200. The van der Waals surface area contributed by atoms with E-state index in [1.807, 2.05) is 49.4 Å². The standard InChI is InChI=1S/C15H16OS/c1-12-7-9-15(10-8-12)17(16)11-14-6-4-3-5-13(14)2/h3-10H,11H2,1-2H3. The van der Waals surface area contributed by atoms with Gasteiger partial charge in [-0.15, -0.1) is 0 Å². The van der Waals surface area contributed by atoms with Crippen LogP contribution >= 0.6 is 0 Å². The van der Waals surface area contributed by atoms with Crippen LogP contribution in [0.3, 0.4) is 0 Å². The third-order valence-corrected chi connectivity index (χ3v) is 4.20. The van der Waals surface area contributed by atoms with Crippen LogP contribution in [0.15, 0.2) is 53.4 Å². The van der Waals surface area contributed by atoms with Crippen molar-refractivity contribution in [2.75, 3.05) is 0 Å². The second kappa shape index (κ2) is 5.28. The fourth-order valence-electron chi connectivity index (χ4n) is 1.69. The summed E-state index contributed by atoms with van der Waals surface area (Å²) in [7, 11) is -0.953. The van der Waals surface area contributed by atoms with Gasteiger partial charge in [-0.05, 0) is 37.1 Å². The molecule has 1 unspecified atom stereocenters. The van der Waals surface area contributed by atoms with Gasteiger partial charge >= 0.3 is 0 Å². The van der Waals surface area contributed by atoms with Crippen LogP contribution < -0.4 is 0 Å². The number of hydrogen-bond donors (Lipinski definition) is 0. The highest BCUT2D eigenvalue weighted by Gasteiger charge is 2.06. The van der Waals surface area contributed by atoms with Gasteiger partial charge in [-0.3, -0.25) is 4.21 Å². The van der Waals surface area contributed by atoms with Crippen LogP contribution in [0.2, 0.25) is 0 Å². The van der Waals surface area contributed by atoms with Crippen LogP contribution in [0.1, 0.15) is 16.7 Å². The molecule has 0 bridgehead atoms. The zero-order valence-corrected chi connectivity index (χ0v) is 11.0. The van der Waals surface area contributed by atoms with Gasteiger partial charge in [0.2, 0.25) is 0 Å². The van der Waals surface area contributed by atoms with Gasteiger partial charge < -0.3 is 0 Å². The molecule has 17 heavy (non-hydrogen) atoms. The van der Waals surface area contributed by atoms with E-state index in [0.29, 0.717) is 5.75 Å². The van der Waals surface area contributed by atoms with E-state index in [1.165, 1.54) is 11.1 Å². The molecule has 88 valence electrons. The molecule has 0 aliphatic carbocycles. The molecule has 0 radical (unpaired) electrons. The summed E-state index contributed by atoms with van der Waals surface area (Å²) < 4.78 is 12.2. The van der Waals surface area contributed by atoms with Crippen LogP contribution in [0.25, 0.3) is 0 Å². The molecule has 2 rings (SSSR count). The lowest BCUT2D eigenvalue weighted by Gasteiger charge is -2.06. The second-order valence-corrected chi connectivity index (χ2v) is 5.68. The van der Waals surface area contributed by atoms with Crippen molar-refractivity contribution >= 4 is 10.8 Å². The maximum atomic E-state index is 12.2. The first kappa shape index (κ1) is 12.1. The Hall–Kier alpha value is -1.41. The van der Waals surface area contributed by atoms with Crippen molar-refractivity contribution in [2.45, 2.75) is 24.5 Å². The molecule has 0 spiro atoms. The van der Waals surface area contributed by atoms with E-state index in [-0.39, 0.29) is 0 Å². The first-order chi connectivity index (χ1) is 8.16. The lowest BCUT2D eigenvalue weighted by molar-refractivity contribution is 0.682. The van der Waals surface area contributed by atoms with Crippen LogP contribution in [0, 0.1) is 13.8 Å². The minimum atomic E-state index is -0.953. The fourth-order valence-corrected chi connectivity index (χ4v) is 2.90. The van der Waals surface area contributed by atoms with Crippen molar-refractivity contribution in [1.29, 1.82) is 0 Å².